The number of hydrogen-bond acceptors (Lipinski definition) is 13. The van der Waals surface area contributed by atoms with Crippen molar-refractivity contribution in [3.63, 3.8) is 0 Å². The monoisotopic (exact) mass is 986 g/mol. The van der Waals surface area contributed by atoms with E-state index in [4.69, 9.17) is 4.74 Å². The lowest BCUT2D eigenvalue weighted by Crippen LogP contribution is -2.48. The molecule has 0 aliphatic rings. The van der Waals surface area contributed by atoms with E-state index in [1.165, 1.54) is 0 Å². The van der Waals surface area contributed by atoms with Crippen molar-refractivity contribution in [2.24, 2.45) is 10.8 Å². The Morgan fingerprint density at radius 3 is 0.492 bits per heavy atom. The van der Waals surface area contributed by atoms with E-state index >= 15 is 0 Å². The fourth-order valence-corrected chi connectivity index (χ4v) is 3.51. The average Bonchev–Trinajstić information content (AvgIpc) is 3.16. The van der Waals surface area contributed by atoms with Gasteiger partial charge in [-0.1, -0.05) is 39.5 Å². The van der Waals surface area contributed by atoms with Crippen LogP contribution in [0, 0.1) is 10.8 Å². The second-order valence-corrected chi connectivity index (χ2v) is 12.8. The summed E-state index contributed by atoms with van der Waals surface area (Å²) in [5.41, 5.74) is -20.8. The van der Waals surface area contributed by atoms with Crippen LogP contribution in [0.4, 0.5) is 79.0 Å². The Kier molecular flexibility index (Phi) is 19.7. The van der Waals surface area contributed by atoms with E-state index in [0.717, 1.165) is 0 Å². The first-order valence-electron chi connectivity index (χ1n) is 16.1. The minimum Gasteiger partial charge on any atom is -0.461 e. The highest BCUT2D eigenvalue weighted by Gasteiger charge is 2.48. The number of ether oxygens (including phenoxy) is 7. The van der Waals surface area contributed by atoms with Crippen LogP contribution in [0.2, 0.25) is 0 Å². The third-order valence-electron chi connectivity index (χ3n) is 7.40. The van der Waals surface area contributed by atoms with E-state index in [1.807, 2.05) is 0 Å². The quantitative estimate of drug-likeness (QED) is 0.0474. The summed E-state index contributed by atoms with van der Waals surface area (Å²) in [5, 5.41) is 0. The molecule has 31 heteroatoms. The first-order chi connectivity index (χ1) is 28.9. The van der Waals surface area contributed by atoms with Gasteiger partial charge < -0.3 is 33.2 Å². The van der Waals surface area contributed by atoms with Crippen molar-refractivity contribution in [1.29, 1.82) is 0 Å². The number of carbonyl (C=O) groups is 6. The summed E-state index contributed by atoms with van der Waals surface area (Å²) < 4.78 is 269. The predicted molar refractivity (Wildman–Crippen MR) is 173 cm³/mol. The second-order valence-electron chi connectivity index (χ2n) is 12.8. The van der Waals surface area contributed by atoms with Crippen LogP contribution < -0.4 is 0 Å². The second kappa shape index (κ2) is 21.8. The highest BCUT2D eigenvalue weighted by atomic mass is 19.4. The Balaban J connectivity index is 7.77. The molecule has 368 valence electrons. The molecule has 65 heavy (non-hydrogen) atoms. The zero-order valence-corrected chi connectivity index (χ0v) is 32.0. The van der Waals surface area contributed by atoms with Gasteiger partial charge in [0.2, 0.25) is 0 Å². The Hall–Kier alpha value is -6.04. The lowest BCUT2D eigenvalue weighted by atomic mass is 9.90. The molecule has 0 saturated heterocycles. The van der Waals surface area contributed by atoms with Gasteiger partial charge in [-0.15, -0.1) is 0 Å². The normalized spacial score (nSPS) is 12.8. The molecule has 0 N–H and O–H groups in total. The molecule has 0 heterocycles. The van der Waals surface area contributed by atoms with Gasteiger partial charge in [0.25, 0.3) is 0 Å². The topological polar surface area (TPSA) is 167 Å². The Bertz CT molecular complexity index is 1560. The Morgan fingerprint density at radius 1 is 0.262 bits per heavy atom. The molecule has 0 saturated carbocycles. The number of alkyl halides is 18. The van der Waals surface area contributed by atoms with Crippen LogP contribution in [0.1, 0.15) is 0 Å². The third kappa shape index (κ3) is 18.9. The molecule has 0 aromatic rings. The summed E-state index contributed by atoms with van der Waals surface area (Å²) >= 11 is 0. The zero-order chi connectivity index (χ0) is 51.5. The molecule has 0 spiro atoms. The van der Waals surface area contributed by atoms with Crippen molar-refractivity contribution >= 4 is 35.8 Å². The van der Waals surface area contributed by atoms with Crippen molar-refractivity contribution in [3.8, 4) is 0 Å². The van der Waals surface area contributed by atoms with Crippen LogP contribution in [-0.2, 0) is 61.9 Å². The molecule has 0 amide bonds. The van der Waals surface area contributed by atoms with E-state index in [0.29, 0.717) is 0 Å². The van der Waals surface area contributed by atoms with E-state index in [1.54, 1.807) is 0 Å². The van der Waals surface area contributed by atoms with Crippen LogP contribution in [-0.4, -0.2) is 126 Å². The first kappa shape index (κ1) is 59.0. The SMILES string of the molecule is C=C(C(=O)OCC(COCC(COC(=O)C(=C)C(F)(F)F)(COC(=O)C(=C)C(F)(F)F)COC(=O)C(=C)C(F)(F)F)(COC(=O)C(=C)C(F)(F)F)COC(=O)C(=C)C(F)(F)F)C(F)(F)F. The van der Waals surface area contributed by atoms with E-state index in [2.05, 4.69) is 67.9 Å². The molecule has 0 aliphatic heterocycles. The maximum Gasteiger partial charge on any atom is 0.422 e. The Morgan fingerprint density at radius 2 is 0.385 bits per heavy atom. The van der Waals surface area contributed by atoms with Crippen LogP contribution >= 0.6 is 0 Å². The number of halogens is 18. The lowest BCUT2D eigenvalue weighted by Gasteiger charge is -2.36. The maximum atomic E-state index is 13.2. The number of esters is 6. The van der Waals surface area contributed by atoms with E-state index in [9.17, 15) is 108 Å². The van der Waals surface area contributed by atoms with Gasteiger partial charge in [0.15, 0.2) is 0 Å². The van der Waals surface area contributed by atoms with Crippen molar-refractivity contribution in [3.05, 3.63) is 72.9 Å². The average molecular weight is 987 g/mol. The standard InChI is InChI=1S/C34H28F18O13/c1-15(29(35,36)37)21(53)60-9-27(10-61-22(54)16(2)30(38,39)40,11-62-23(55)17(3)31(41,42)43)7-59-8-28(12-63-24(56)18(4)32(44,45)46,13-64-25(57)19(5)33(47,48)49)14-65-26(58)20(6)34(50,51)52/h1-14H2. The molecule has 0 fully saturated rings. The third-order valence-corrected chi connectivity index (χ3v) is 7.40. The predicted octanol–water partition coefficient (Wildman–Crippen LogP) is 6.95. The highest BCUT2D eigenvalue weighted by molar-refractivity contribution is 5.91. The van der Waals surface area contributed by atoms with Gasteiger partial charge >= 0.3 is 72.9 Å². The highest BCUT2D eigenvalue weighted by Crippen LogP contribution is 2.34. The first-order valence-corrected chi connectivity index (χ1v) is 16.1. The van der Waals surface area contributed by atoms with Crippen molar-refractivity contribution in [1.82, 2.24) is 0 Å². The van der Waals surface area contributed by atoms with Crippen LogP contribution in [0.5, 0.6) is 0 Å². The van der Waals surface area contributed by atoms with Gasteiger partial charge in [-0.05, 0) is 0 Å². The number of hydrogen-bond donors (Lipinski definition) is 0. The number of rotatable bonds is 22. The molecule has 0 radical (unpaired) electrons. The van der Waals surface area contributed by atoms with Crippen LogP contribution in [0.3, 0.4) is 0 Å². The minimum atomic E-state index is -5.65. The van der Waals surface area contributed by atoms with Gasteiger partial charge in [0.1, 0.15) is 73.1 Å². The summed E-state index contributed by atoms with van der Waals surface area (Å²) in [5.74, 6) is -15.2. The van der Waals surface area contributed by atoms with E-state index < -0.39 is 170 Å². The lowest BCUT2D eigenvalue weighted by molar-refractivity contribution is -0.176. The maximum absolute atomic E-state index is 13.2. The van der Waals surface area contributed by atoms with Crippen molar-refractivity contribution in [2.75, 3.05) is 52.9 Å². The summed E-state index contributed by atoms with van der Waals surface area (Å²) in [6, 6.07) is 0. The zero-order valence-electron chi connectivity index (χ0n) is 32.0. The van der Waals surface area contributed by atoms with E-state index in [-0.39, 0.29) is 0 Å². The van der Waals surface area contributed by atoms with Crippen LogP contribution in [0.25, 0.3) is 0 Å². The summed E-state index contributed by atoms with van der Waals surface area (Å²) in [6.07, 6.45) is -33.9. The molecule has 0 unspecified atom stereocenters. The summed E-state index contributed by atoms with van der Waals surface area (Å²) in [6.45, 7) is -1.54. The molecular formula is C34H28F18O13. The molecule has 0 rings (SSSR count). The van der Waals surface area contributed by atoms with Crippen LogP contribution in [0.15, 0.2) is 72.9 Å². The van der Waals surface area contributed by atoms with Gasteiger partial charge in [-0.2, -0.15) is 79.0 Å². The molecule has 0 aromatic carbocycles. The van der Waals surface area contributed by atoms with Crippen molar-refractivity contribution in [2.45, 2.75) is 37.1 Å². The van der Waals surface area contributed by atoms with Gasteiger partial charge in [-0.25, -0.2) is 28.8 Å². The molecule has 0 aliphatic carbocycles. The fraction of sp³-hybridized carbons (Fsp3) is 0.471. The van der Waals surface area contributed by atoms with Gasteiger partial charge in [0, 0.05) is 0 Å². The molecule has 0 aromatic heterocycles. The molecule has 0 atom stereocenters. The molecule has 0 bridgehead atoms. The van der Waals surface area contributed by atoms with Gasteiger partial charge in [-0.3, -0.25) is 0 Å². The largest absolute Gasteiger partial charge is 0.461 e. The van der Waals surface area contributed by atoms with Crippen molar-refractivity contribution < 1.29 is 141 Å². The Labute approximate surface area is 350 Å². The molecular weight excluding hydrogens is 958 g/mol. The summed E-state index contributed by atoms with van der Waals surface area (Å²) in [7, 11) is 0. The van der Waals surface area contributed by atoms with Gasteiger partial charge in [0.05, 0.1) is 24.0 Å². The summed E-state index contributed by atoms with van der Waals surface area (Å²) in [4.78, 5) is 73.3. The smallest absolute Gasteiger partial charge is 0.422 e. The molecule has 13 nitrogen and oxygen atoms in total. The fourth-order valence-electron chi connectivity index (χ4n) is 3.51. The minimum absolute atomic E-state index is 1.85. The number of carbonyl (C=O) groups excluding carboxylic acids is 6.